The number of nitrogens with zero attached hydrogens (tertiary/aromatic N) is 2. The third-order valence-electron chi connectivity index (χ3n) is 3.46. The molecule has 1 heterocycles. The molecule has 0 radical (unpaired) electrons. The number of aromatic nitrogens is 3. The Kier molecular flexibility index (Phi) is 6.92. The monoisotopic (exact) mass is 388 g/mol. The molecule has 10 heteroatoms. The van der Waals surface area contributed by atoms with Crippen LogP contribution in [0.25, 0.3) is 11.4 Å². The third kappa shape index (κ3) is 6.26. The minimum absolute atomic E-state index is 0.0104. The van der Waals surface area contributed by atoms with E-state index in [1.54, 1.807) is 4.57 Å². The zero-order valence-corrected chi connectivity index (χ0v) is 14.9. The predicted octanol–water partition coefficient (Wildman–Crippen LogP) is 3.00. The van der Waals surface area contributed by atoms with Crippen LogP contribution in [-0.2, 0) is 16.1 Å². The lowest BCUT2D eigenvalue weighted by atomic mass is 10.1. The van der Waals surface area contributed by atoms with E-state index in [9.17, 15) is 18.0 Å². The molecular weight excluding hydrogens is 369 g/mol. The van der Waals surface area contributed by atoms with E-state index in [1.807, 2.05) is 31.2 Å². The van der Waals surface area contributed by atoms with Gasteiger partial charge in [0.1, 0.15) is 6.61 Å². The van der Waals surface area contributed by atoms with Crippen molar-refractivity contribution < 1.29 is 22.7 Å². The van der Waals surface area contributed by atoms with E-state index in [1.165, 1.54) is 0 Å². The number of amides is 1. The Morgan fingerprint density at radius 3 is 2.69 bits per heavy atom. The highest BCUT2D eigenvalue weighted by Gasteiger charge is 2.27. The minimum atomic E-state index is -4.37. The van der Waals surface area contributed by atoms with Gasteiger partial charge in [-0.05, 0) is 19.1 Å². The average molecular weight is 388 g/mol. The molecule has 0 unspecified atom stereocenters. The summed E-state index contributed by atoms with van der Waals surface area (Å²) in [5, 5.41) is 9.40. The molecule has 26 heavy (non-hydrogen) atoms. The van der Waals surface area contributed by atoms with E-state index in [-0.39, 0.29) is 25.5 Å². The van der Waals surface area contributed by atoms with Gasteiger partial charge in [-0.15, -0.1) is 0 Å². The number of nitrogens with one attached hydrogen (secondary N) is 2. The van der Waals surface area contributed by atoms with Crippen molar-refractivity contribution in [3.63, 3.8) is 0 Å². The van der Waals surface area contributed by atoms with Gasteiger partial charge in [0.15, 0.2) is 10.6 Å². The number of aromatic amines is 1. The van der Waals surface area contributed by atoms with Crippen molar-refractivity contribution in [2.75, 3.05) is 19.8 Å². The van der Waals surface area contributed by atoms with Crippen LogP contribution in [-0.4, -0.2) is 46.6 Å². The van der Waals surface area contributed by atoms with E-state index in [4.69, 9.17) is 12.2 Å². The number of H-pyrrole nitrogens is 1. The van der Waals surface area contributed by atoms with Crippen molar-refractivity contribution in [1.29, 1.82) is 0 Å². The Morgan fingerprint density at radius 2 is 2.04 bits per heavy atom. The van der Waals surface area contributed by atoms with E-state index < -0.39 is 12.8 Å². The molecule has 0 aliphatic carbocycles. The van der Waals surface area contributed by atoms with Crippen LogP contribution in [0.3, 0.4) is 0 Å². The Morgan fingerprint density at radius 1 is 1.35 bits per heavy atom. The number of rotatable bonds is 8. The molecule has 2 rings (SSSR count). The molecular formula is C16H19F3N4O2S. The van der Waals surface area contributed by atoms with E-state index in [0.29, 0.717) is 17.1 Å². The molecule has 6 nitrogen and oxygen atoms in total. The van der Waals surface area contributed by atoms with E-state index in [0.717, 1.165) is 11.1 Å². The van der Waals surface area contributed by atoms with Crippen LogP contribution >= 0.6 is 12.2 Å². The minimum Gasteiger partial charge on any atom is -0.370 e. The summed E-state index contributed by atoms with van der Waals surface area (Å²) >= 11 is 5.19. The summed E-state index contributed by atoms with van der Waals surface area (Å²) in [4.78, 5) is 11.8. The quantitative estimate of drug-likeness (QED) is 0.539. The first-order valence-electron chi connectivity index (χ1n) is 7.90. The first kappa shape index (κ1) is 20.1. The highest BCUT2D eigenvalue weighted by Crippen LogP contribution is 2.18. The Hall–Kier alpha value is -2.20. The molecule has 2 aromatic rings. The number of hydrogen-bond acceptors (Lipinski definition) is 4. The zero-order valence-electron chi connectivity index (χ0n) is 14.1. The van der Waals surface area contributed by atoms with Gasteiger partial charge in [0, 0.05) is 25.1 Å². The molecule has 1 aromatic carbocycles. The first-order valence-corrected chi connectivity index (χ1v) is 8.30. The SMILES string of the molecule is Cc1ccc(-c2n[nH]c(=S)n2CCC(=O)NCCOCC(F)(F)F)cc1. The van der Waals surface area contributed by atoms with Crippen molar-refractivity contribution in [3.05, 3.63) is 34.6 Å². The second kappa shape index (κ2) is 8.95. The maximum Gasteiger partial charge on any atom is 0.411 e. The second-order valence-electron chi connectivity index (χ2n) is 5.64. The van der Waals surface area contributed by atoms with Gasteiger partial charge in [0.2, 0.25) is 5.91 Å². The van der Waals surface area contributed by atoms with Crippen molar-refractivity contribution in [1.82, 2.24) is 20.1 Å². The number of benzene rings is 1. The van der Waals surface area contributed by atoms with Crippen LogP contribution in [0.4, 0.5) is 13.2 Å². The molecule has 0 saturated carbocycles. The molecule has 0 aliphatic rings. The number of hydrogen-bond donors (Lipinski definition) is 2. The molecule has 142 valence electrons. The van der Waals surface area contributed by atoms with Crippen molar-refractivity contribution in [2.24, 2.45) is 0 Å². The molecule has 0 saturated heterocycles. The molecule has 0 atom stereocenters. The second-order valence-corrected chi connectivity index (χ2v) is 6.02. The number of aryl methyl sites for hydroxylation is 1. The van der Waals surface area contributed by atoms with Gasteiger partial charge >= 0.3 is 6.18 Å². The Balaban J connectivity index is 1.84. The first-order chi connectivity index (χ1) is 12.3. The number of ether oxygens (including phenoxy) is 1. The molecule has 0 spiro atoms. The molecule has 0 bridgehead atoms. The van der Waals surface area contributed by atoms with Gasteiger partial charge in [0.05, 0.1) is 6.61 Å². The van der Waals surface area contributed by atoms with Gasteiger partial charge in [-0.2, -0.15) is 18.3 Å². The van der Waals surface area contributed by atoms with Crippen molar-refractivity contribution >= 4 is 18.1 Å². The Bertz CT molecular complexity index is 784. The fraction of sp³-hybridized carbons (Fsp3) is 0.438. The lowest BCUT2D eigenvalue weighted by molar-refractivity contribution is -0.173. The molecule has 0 aliphatic heterocycles. The summed E-state index contributed by atoms with van der Waals surface area (Å²) < 4.78 is 42.3. The summed E-state index contributed by atoms with van der Waals surface area (Å²) in [6.45, 7) is 0.756. The van der Waals surface area contributed by atoms with Gasteiger partial charge in [0.25, 0.3) is 0 Å². The van der Waals surface area contributed by atoms with Crippen LogP contribution < -0.4 is 5.32 Å². The zero-order chi connectivity index (χ0) is 19.2. The van der Waals surface area contributed by atoms with Crippen LogP contribution in [0.1, 0.15) is 12.0 Å². The van der Waals surface area contributed by atoms with Crippen molar-refractivity contribution in [3.8, 4) is 11.4 Å². The lowest BCUT2D eigenvalue weighted by Crippen LogP contribution is -2.29. The summed E-state index contributed by atoms with van der Waals surface area (Å²) in [5.74, 6) is 0.315. The lowest BCUT2D eigenvalue weighted by Gasteiger charge is -2.09. The number of halogens is 3. The third-order valence-corrected chi connectivity index (χ3v) is 3.78. The van der Waals surface area contributed by atoms with E-state index >= 15 is 0 Å². The maximum absolute atomic E-state index is 11.9. The maximum atomic E-state index is 11.9. The molecule has 1 aromatic heterocycles. The molecule has 2 N–H and O–H groups in total. The van der Waals surface area contributed by atoms with Gasteiger partial charge in [-0.1, -0.05) is 29.8 Å². The topological polar surface area (TPSA) is 71.9 Å². The smallest absolute Gasteiger partial charge is 0.370 e. The van der Waals surface area contributed by atoms with Gasteiger partial charge in [-0.3, -0.25) is 14.5 Å². The van der Waals surface area contributed by atoms with E-state index in [2.05, 4.69) is 20.3 Å². The summed E-state index contributed by atoms with van der Waals surface area (Å²) in [6, 6.07) is 7.72. The van der Waals surface area contributed by atoms with Crippen molar-refractivity contribution in [2.45, 2.75) is 26.1 Å². The average Bonchev–Trinajstić information content (AvgIpc) is 2.93. The van der Waals surface area contributed by atoms with Crippen LogP contribution in [0, 0.1) is 11.7 Å². The summed E-state index contributed by atoms with van der Waals surface area (Å²) in [6.07, 6.45) is -4.25. The summed E-state index contributed by atoms with van der Waals surface area (Å²) in [7, 11) is 0. The molecule has 0 fully saturated rings. The van der Waals surface area contributed by atoms with Gasteiger partial charge < -0.3 is 10.1 Å². The van der Waals surface area contributed by atoms with Crippen LogP contribution in [0.5, 0.6) is 0 Å². The fourth-order valence-electron chi connectivity index (χ4n) is 2.20. The largest absolute Gasteiger partial charge is 0.411 e. The predicted molar refractivity (Wildman–Crippen MR) is 92.1 cm³/mol. The fourth-order valence-corrected chi connectivity index (χ4v) is 2.42. The number of alkyl halides is 3. The number of carbonyl (C=O) groups is 1. The highest BCUT2D eigenvalue weighted by atomic mass is 32.1. The van der Waals surface area contributed by atoms with Gasteiger partial charge in [-0.25, -0.2) is 0 Å². The van der Waals surface area contributed by atoms with Crippen LogP contribution in [0.2, 0.25) is 0 Å². The number of carbonyl (C=O) groups excluding carboxylic acids is 1. The summed E-state index contributed by atoms with van der Waals surface area (Å²) in [5.41, 5.74) is 1.98. The normalized spacial score (nSPS) is 11.5. The standard InChI is InChI=1S/C16H19F3N4O2S/c1-11-2-4-12(5-3-11)14-21-22-15(26)23(14)8-6-13(24)20-7-9-25-10-16(17,18)19/h2-5H,6-10H2,1H3,(H,20,24)(H,22,26). The highest BCUT2D eigenvalue weighted by molar-refractivity contribution is 7.71. The molecule has 1 amide bonds. The Labute approximate surface area is 153 Å². The van der Waals surface area contributed by atoms with Crippen LogP contribution in [0.15, 0.2) is 24.3 Å².